The normalized spacial score (nSPS) is 10.7. The van der Waals surface area contributed by atoms with Gasteiger partial charge in [-0.15, -0.1) is 0 Å². The van der Waals surface area contributed by atoms with Crippen LogP contribution in [0.15, 0.2) is 67.3 Å². The average molecular weight is 389 g/mol. The number of rotatable bonds is 5. The van der Waals surface area contributed by atoms with E-state index in [-0.39, 0.29) is 18.2 Å². The van der Waals surface area contributed by atoms with Crippen molar-refractivity contribution in [2.75, 3.05) is 10.6 Å². The number of aromatic nitrogens is 3. The first-order valence-corrected chi connectivity index (χ1v) is 8.76. The van der Waals surface area contributed by atoms with E-state index in [1.807, 2.05) is 0 Å². The summed E-state index contributed by atoms with van der Waals surface area (Å²) in [5.41, 5.74) is 2.35. The third-order valence-corrected chi connectivity index (χ3v) is 4.30. The molecule has 1 amide bonds. The Kier molecular flexibility index (Phi) is 5.08. The zero-order valence-electron chi connectivity index (χ0n) is 15.1. The summed E-state index contributed by atoms with van der Waals surface area (Å²) >= 11 is 0. The molecule has 7 nitrogen and oxygen atoms in total. The van der Waals surface area contributed by atoms with E-state index in [1.54, 1.807) is 42.7 Å². The first-order chi connectivity index (χ1) is 14.1. The fraction of sp³-hybridized carbons (Fsp3) is 0.0476. The lowest BCUT2D eigenvalue weighted by Crippen LogP contribution is -2.12. The van der Waals surface area contributed by atoms with Crippen LogP contribution in [0.3, 0.4) is 0 Å². The molecule has 4 rings (SSSR count). The van der Waals surface area contributed by atoms with Crippen LogP contribution >= 0.6 is 0 Å². The molecule has 0 aliphatic rings. The molecule has 0 fully saturated rings. The van der Waals surface area contributed by atoms with Gasteiger partial charge >= 0.3 is 0 Å². The van der Waals surface area contributed by atoms with Gasteiger partial charge in [-0.2, -0.15) is 0 Å². The Morgan fingerprint density at radius 1 is 1.03 bits per heavy atom. The number of benzene rings is 2. The number of carbonyl (C=O) groups is 1. The molecule has 0 saturated carbocycles. The predicted octanol–water partition coefficient (Wildman–Crippen LogP) is 3.65. The second-order valence-electron chi connectivity index (χ2n) is 6.24. The first kappa shape index (κ1) is 18.5. The summed E-state index contributed by atoms with van der Waals surface area (Å²) in [6, 6.07) is 12.7. The highest BCUT2D eigenvalue weighted by molar-refractivity contribution is 6.06. The zero-order valence-corrected chi connectivity index (χ0v) is 15.1. The summed E-state index contributed by atoms with van der Waals surface area (Å²) in [4.78, 5) is 24.8. The Labute approximate surface area is 165 Å². The standard InChI is InChI=1S/C21H16FN5O2/c22-17-4-1-13(11-28)9-19(17)27-20-16-3-2-14(10-18(16)24-12-25-20)21(29)26-15-5-7-23-8-6-15/h1-10,12,28H,11H2,(H,23,26,29)(H,24,25,27). The van der Waals surface area contributed by atoms with Gasteiger partial charge in [-0.3, -0.25) is 9.78 Å². The quantitative estimate of drug-likeness (QED) is 0.482. The number of fused-ring (bicyclic) bond motifs is 1. The number of hydrogen-bond acceptors (Lipinski definition) is 6. The zero-order chi connectivity index (χ0) is 20.2. The number of aliphatic hydroxyl groups is 1. The fourth-order valence-corrected chi connectivity index (χ4v) is 2.83. The van der Waals surface area contributed by atoms with E-state index in [1.165, 1.54) is 24.5 Å². The van der Waals surface area contributed by atoms with Gasteiger partial charge in [0.05, 0.1) is 17.8 Å². The molecule has 0 radical (unpaired) electrons. The van der Waals surface area contributed by atoms with Gasteiger partial charge in [0.1, 0.15) is 18.0 Å². The summed E-state index contributed by atoms with van der Waals surface area (Å²) in [6.45, 7) is -0.199. The van der Waals surface area contributed by atoms with Crippen LogP contribution in [0.2, 0.25) is 0 Å². The van der Waals surface area contributed by atoms with Gasteiger partial charge in [0.15, 0.2) is 0 Å². The highest BCUT2D eigenvalue weighted by Crippen LogP contribution is 2.26. The van der Waals surface area contributed by atoms with Crippen LogP contribution in [0, 0.1) is 5.82 Å². The van der Waals surface area contributed by atoms with Crippen molar-refractivity contribution in [2.24, 2.45) is 0 Å². The van der Waals surface area contributed by atoms with Crippen molar-refractivity contribution in [1.82, 2.24) is 15.0 Å². The first-order valence-electron chi connectivity index (χ1n) is 8.76. The molecule has 3 N–H and O–H groups in total. The number of halogens is 1. The molecule has 2 heterocycles. The fourth-order valence-electron chi connectivity index (χ4n) is 2.83. The topological polar surface area (TPSA) is 100 Å². The Hall–Kier alpha value is -3.91. The maximum atomic E-state index is 14.1. The smallest absolute Gasteiger partial charge is 0.255 e. The predicted molar refractivity (Wildman–Crippen MR) is 107 cm³/mol. The molecule has 0 aliphatic heterocycles. The van der Waals surface area contributed by atoms with Crippen LogP contribution in [0.1, 0.15) is 15.9 Å². The monoisotopic (exact) mass is 389 g/mol. The molecule has 0 aliphatic carbocycles. The summed E-state index contributed by atoms with van der Waals surface area (Å²) < 4.78 is 14.1. The molecule has 0 bridgehead atoms. The molecular weight excluding hydrogens is 373 g/mol. The molecule has 2 aromatic heterocycles. The number of hydrogen-bond donors (Lipinski definition) is 3. The van der Waals surface area contributed by atoms with Crippen molar-refractivity contribution in [3.63, 3.8) is 0 Å². The molecule has 0 atom stereocenters. The average Bonchev–Trinajstić information content (AvgIpc) is 2.75. The number of nitrogens with zero attached hydrogens (tertiary/aromatic N) is 3. The third kappa shape index (κ3) is 4.02. The molecule has 0 saturated heterocycles. The van der Waals surface area contributed by atoms with Crippen molar-refractivity contribution < 1.29 is 14.3 Å². The van der Waals surface area contributed by atoms with Crippen molar-refractivity contribution in [3.05, 3.63) is 84.2 Å². The lowest BCUT2D eigenvalue weighted by Gasteiger charge is -2.11. The third-order valence-electron chi connectivity index (χ3n) is 4.30. The van der Waals surface area contributed by atoms with Gasteiger partial charge in [0.2, 0.25) is 0 Å². The van der Waals surface area contributed by atoms with Gasteiger partial charge in [0, 0.05) is 29.0 Å². The minimum Gasteiger partial charge on any atom is -0.392 e. The summed E-state index contributed by atoms with van der Waals surface area (Å²) in [5, 5.41) is 15.6. The second-order valence-corrected chi connectivity index (χ2v) is 6.24. The molecule has 0 spiro atoms. The molecule has 0 unspecified atom stereocenters. The Balaban J connectivity index is 1.64. The molecule has 4 aromatic rings. The van der Waals surface area contributed by atoms with Crippen LogP contribution in [0.4, 0.5) is 21.6 Å². The molecule has 8 heteroatoms. The van der Waals surface area contributed by atoms with E-state index >= 15 is 0 Å². The van der Waals surface area contributed by atoms with Gasteiger partial charge < -0.3 is 15.7 Å². The number of nitrogens with one attached hydrogen (secondary N) is 2. The maximum absolute atomic E-state index is 14.1. The number of carbonyl (C=O) groups excluding carboxylic acids is 1. The summed E-state index contributed by atoms with van der Waals surface area (Å²) in [5.74, 6) is -0.361. The number of anilines is 3. The number of pyridine rings is 1. The van der Waals surface area contributed by atoms with Gasteiger partial charge in [-0.05, 0) is 48.0 Å². The van der Waals surface area contributed by atoms with E-state index in [4.69, 9.17) is 0 Å². The highest BCUT2D eigenvalue weighted by Gasteiger charge is 2.12. The van der Waals surface area contributed by atoms with Crippen LogP contribution < -0.4 is 10.6 Å². The number of amides is 1. The molecule has 144 valence electrons. The second kappa shape index (κ2) is 7.99. The largest absolute Gasteiger partial charge is 0.392 e. The van der Waals surface area contributed by atoms with E-state index in [2.05, 4.69) is 25.6 Å². The van der Waals surface area contributed by atoms with Crippen molar-refractivity contribution in [1.29, 1.82) is 0 Å². The lowest BCUT2D eigenvalue weighted by molar-refractivity contribution is 0.102. The van der Waals surface area contributed by atoms with Crippen molar-refractivity contribution >= 4 is 34.0 Å². The molecular formula is C21H16FN5O2. The van der Waals surface area contributed by atoms with Crippen LogP contribution in [-0.2, 0) is 6.61 Å². The summed E-state index contributed by atoms with van der Waals surface area (Å²) in [7, 11) is 0. The number of aliphatic hydroxyl groups excluding tert-OH is 1. The van der Waals surface area contributed by atoms with E-state index in [0.29, 0.717) is 33.5 Å². The Bertz CT molecular complexity index is 1180. The van der Waals surface area contributed by atoms with E-state index in [9.17, 15) is 14.3 Å². The lowest BCUT2D eigenvalue weighted by atomic mass is 10.1. The van der Waals surface area contributed by atoms with E-state index in [0.717, 1.165) is 0 Å². The van der Waals surface area contributed by atoms with Crippen molar-refractivity contribution in [3.8, 4) is 0 Å². The summed E-state index contributed by atoms with van der Waals surface area (Å²) in [6.07, 6.45) is 4.52. The van der Waals surface area contributed by atoms with Gasteiger partial charge in [-0.1, -0.05) is 6.07 Å². The van der Waals surface area contributed by atoms with Crippen LogP contribution in [-0.4, -0.2) is 26.0 Å². The maximum Gasteiger partial charge on any atom is 0.255 e. The molecule has 29 heavy (non-hydrogen) atoms. The Morgan fingerprint density at radius 2 is 1.86 bits per heavy atom. The Morgan fingerprint density at radius 3 is 2.66 bits per heavy atom. The van der Waals surface area contributed by atoms with Gasteiger partial charge in [0.25, 0.3) is 5.91 Å². The minimum atomic E-state index is -0.470. The van der Waals surface area contributed by atoms with Gasteiger partial charge in [-0.25, -0.2) is 14.4 Å². The van der Waals surface area contributed by atoms with Crippen LogP contribution in [0.5, 0.6) is 0 Å². The van der Waals surface area contributed by atoms with E-state index < -0.39 is 5.82 Å². The SMILES string of the molecule is O=C(Nc1ccncc1)c1ccc2c(Nc3cc(CO)ccc3F)ncnc2c1. The van der Waals surface area contributed by atoms with Crippen LogP contribution in [0.25, 0.3) is 10.9 Å². The minimum absolute atomic E-state index is 0.191. The van der Waals surface area contributed by atoms with Crippen molar-refractivity contribution in [2.45, 2.75) is 6.61 Å². The molecule has 2 aromatic carbocycles. The highest BCUT2D eigenvalue weighted by atomic mass is 19.1.